The number of carbonyl (C=O) groups excluding carboxylic acids is 2. The van der Waals surface area contributed by atoms with Gasteiger partial charge in [-0.1, -0.05) is 23.2 Å². The van der Waals surface area contributed by atoms with Gasteiger partial charge in [-0.2, -0.15) is 10.2 Å². The van der Waals surface area contributed by atoms with Crippen molar-refractivity contribution in [2.75, 3.05) is 31.7 Å². The van der Waals surface area contributed by atoms with Crippen LogP contribution in [0.5, 0.6) is 23.0 Å². The minimum atomic E-state index is -1.42. The van der Waals surface area contributed by atoms with Crippen LogP contribution in [0.4, 0.5) is 11.4 Å². The average Bonchev–Trinajstić information content (AvgIpc) is 2.80. The van der Waals surface area contributed by atoms with Crippen LogP contribution >= 0.6 is 23.2 Å². The summed E-state index contributed by atoms with van der Waals surface area (Å²) in [6.45, 7) is 9.98. The van der Waals surface area contributed by atoms with E-state index in [0.29, 0.717) is 60.1 Å². The first-order valence-electron chi connectivity index (χ1n) is 11.2. The van der Waals surface area contributed by atoms with E-state index >= 15 is 0 Å². The number of halogens is 2. The number of anilines is 1. The third kappa shape index (κ3) is 7.73. The number of hydrogen-bond donors (Lipinski definition) is 1. The SMILES string of the molecule is CCOc1cc(OCC)c(N=NC(C(C)=O)C(=O)Nc2cc(OCC)c(Cl)c(OCC)c2)cc1Cl. The van der Waals surface area contributed by atoms with Crippen LogP contribution in [0.3, 0.4) is 0 Å². The first-order valence-corrected chi connectivity index (χ1v) is 11.9. The van der Waals surface area contributed by atoms with Crippen LogP contribution in [0.15, 0.2) is 34.5 Å². The Labute approximate surface area is 214 Å². The molecule has 1 unspecified atom stereocenters. The van der Waals surface area contributed by atoms with Gasteiger partial charge in [-0.05, 0) is 40.7 Å². The van der Waals surface area contributed by atoms with Crippen molar-refractivity contribution in [3.8, 4) is 23.0 Å². The van der Waals surface area contributed by atoms with E-state index in [0.717, 1.165) is 0 Å². The maximum Gasteiger partial charge on any atom is 0.258 e. The number of azo groups is 1. The molecule has 0 aliphatic carbocycles. The van der Waals surface area contributed by atoms with Crippen LogP contribution in [0, 0.1) is 0 Å². The van der Waals surface area contributed by atoms with Gasteiger partial charge in [0, 0.05) is 23.9 Å². The number of hydrogen-bond acceptors (Lipinski definition) is 8. The minimum absolute atomic E-state index is 0.253. The lowest BCUT2D eigenvalue weighted by Gasteiger charge is -2.15. The molecule has 0 radical (unpaired) electrons. The van der Waals surface area contributed by atoms with Gasteiger partial charge < -0.3 is 24.3 Å². The number of amides is 1. The summed E-state index contributed by atoms with van der Waals surface area (Å²) in [5, 5.41) is 11.3. The predicted molar refractivity (Wildman–Crippen MR) is 135 cm³/mol. The fraction of sp³-hybridized carbons (Fsp3) is 0.417. The number of ether oxygens (including phenoxy) is 4. The van der Waals surface area contributed by atoms with Crippen LogP contribution in [-0.2, 0) is 9.59 Å². The standard InChI is InChI=1S/C24H29Cl2N3O6/c1-6-32-18-13-19(33-7-2)17(12-16(18)25)28-29-23(14(5)30)24(31)27-15-10-20(34-8-3)22(26)21(11-15)35-9-4/h10-13,23H,6-9H2,1-5H3,(H,27,31). The normalized spacial score (nSPS) is 11.7. The van der Waals surface area contributed by atoms with Crippen molar-refractivity contribution in [2.45, 2.75) is 40.7 Å². The lowest BCUT2D eigenvalue weighted by atomic mass is 10.2. The maximum absolute atomic E-state index is 12.9. The highest BCUT2D eigenvalue weighted by atomic mass is 35.5. The van der Waals surface area contributed by atoms with Crippen molar-refractivity contribution >= 4 is 46.3 Å². The first kappa shape index (κ1) is 28.2. The second-order valence-electron chi connectivity index (χ2n) is 6.99. The molecule has 0 aliphatic heterocycles. The molecule has 9 nitrogen and oxygen atoms in total. The van der Waals surface area contributed by atoms with E-state index in [2.05, 4.69) is 15.5 Å². The third-order valence-electron chi connectivity index (χ3n) is 4.40. The number of ketones is 1. The first-order chi connectivity index (χ1) is 16.7. The molecule has 1 amide bonds. The molecule has 0 bridgehead atoms. The molecule has 2 rings (SSSR count). The molecule has 1 atom stereocenters. The van der Waals surface area contributed by atoms with E-state index in [1.807, 2.05) is 6.92 Å². The molecule has 2 aromatic carbocycles. The second-order valence-corrected chi connectivity index (χ2v) is 7.77. The van der Waals surface area contributed by atoms with Crippen LogP contribution < -0.4 is 24.3 Å². The predicted octanol–water partition coefficient (Wildman–Crippen LogP) is 6.27. The van der Waals surface area contributed by atoms with Crippen molar-refractivity contribution in [3.63, 3.8) is 0 Å². The van der Waals surface area contributed by atoms with Crippen molar-refractivity contribution in [2.24, 2.45) is 10.2 Å². The van der Waals surface area contributed by atoms with E-state index in [4.69, 9.17) is 42.1 Å². The van der Waals surface area contributed by atoms with Crippen molar-refractivity contribution in [1.29, 1.82) is 0 Å². The van der Waals surface area contributed by atoms with Crippen molar-refractivity contribution in [1.82, 2.24) is 0 Å². The van der Waals surface area contributed by atoms with Gasteiger partial charge in [0.1, 0.15) is 28.0 Å². The van der Waals surface area contributed by atoms with Crippen molar-refractivity contribution in [3.05, 3.63) is 34.3 Å². The zero-order valence-corrected chi connectivity index (χ0v) is 21.8. The number of Topliss-reactive ketones (excluding diaryl/α,β-unsaturated/α-hetero) is 1. The molecule has 1 N–H and O–H groups in total. The van der Waals surface area contributed by atoms with Gasteiger partial charge in [0.15, 0.2) is 11.5 Å². The molecular formula is C24H29Cl2N3O6. The average molecular weight is 526 g/mol. The summed E-state index contributed by atoms with van der Waals surface area (Å²) in [7, 11) is 0. The Morgan fingerprint density at radius 2 is 1.34 bits per heavy atom. The number of nitrogens with one attached hydrogen (secondary N) is 1. The highest BCUT2D eigenvalue weighted by Gasteiger charge is 2.25. The van der Waals surface area contributed by atoms with Gasteiger partial charge in [-0.3, -0.25) is 9.59 Å². The van der Waals surface area contributed by atoms with Gasteiger partial charge in [-0.25, -0.2) is 0 Å². The Morgan fingerprint density at radius 3 is 1.86 bits per heavy atom. The summed E-state index contributed by atoms with van der Waals surface area (Å²) in [5.74, 6) is 0.250. The summed E-state index contributed by atoms with van der Waals surface area (Å²) < 4.78 is 22.1. The highest BCUT2D eigenvalue weighted by molar-refractivity contribution is 6.33. The Balaban J connectivity index is 2.35. The lowest BCUT2D eigenvalue weighted by Crippen LogP contribution is -2.31. The molecular weight excluding hydrogens is 497 g/mol. The Bertz CT molecular complexity index is 1050. The van der Waals surface area contributed by atoms with E-state index < -0.39 is 17.7 Å². The molecule has 0 spiro atoms. The zero-order chi connectivity index (χ0) is 26.0. The van der Waals surface area contributed by atoms with E-state index in [-0.39, 0.29) is 10.7 Å². The molecule has 0 saturated heterocycles. The van der Waals surface area contributed by atoms with Gasteiger partial charge >= 0.3 is 0 Å². The van der Waals surface area contributed by atoms with E-state index in [9.17, 15) is 9.59 Å². The largest absolute Gasteiger partial charge is 0.492 e. The monoisotopic (exact) mass is 525 g/mol. The second kappa shape index (κ2) is 13.7. The topological polar surface area (TPSA) is 108 Å². The molecule has 2 aromatic rings. The summed E-state index contributed by atoms with van der Waals surface area (Å²) in [6, 6.07) is 4.75. The van der Waals surface area contributed by atoms with Gasteiger partial charge in [0.2, 0.25) is 6.04 Å². The fourth-order valence-electron chi connectivity index (χ4n) is 2.95. The highest BCUT2D eigenvalue weighted by Crippen LogP contribution is 2.39. The summed E-state index contributed by atoms with van der Waals surface area (Å²) >= 11 is 12.6. The van der Waals surface area contributed by atoms with Crippen LogP contribution in [0.2, 0.25) is 10.0 Å². The third-order valence-corrected chi connectivity index (χ3v) is 5.07. The smallest absolute Gasteiger partial charge is 0.258 e. The molecule has 0 heterocycles. The molecule has 11 heteroatoms. The number of benzene rings is 2. The number of rotatable bonds is 13. The lowest BCUT2D eigenvalue weighted by molar-refractivity contribution is -0.126. The molecule has 35 heavy (non-hydrogen) atoms. The number of nitrogens with zero attached hydrogens (tertiary/aromatic N) is 2. The minimum Gasteiger partial charge on any atom is -0.492 e. The van der Waals surface area contributed by atoms with Gasteiger partial charge in [-0.15, -0.1) is 0 Å². The molecule has 190 valence electrons. The van der Waals surface area contributed by atoms with Crippen LogP contribution in [-0.4, -0.2) is 44.2 Å². The Kier molecular flexibility index (Phi) is 11.1. The molecule has 0 aliphatic rings. The maximum atomic E-state index is 12.9. The van der Waals surface area contributed by atoms with Crippen LogP contribution in [0.1, 0.15) is 34.6 Å². The fourth-order valence-corrected chi connectivity index (χ4v) is 3.38. The van der Waals surface area contributed by atoms with Gasteiger partial charge in [0.25, 0.3) is 5.91 Å². The van der Waals surface area contributed by atoms with Crippen molar-refractivity contribution < 1.29 is 28.5 Å². The zero-order valence-electron chi connectivity index (χ0n) is 20.3. The van der Waals surface area contributed by atoms with Gasteiger partial charge in [0.05, 0.1) is 31.5 Å². The molecule has 0 fully saturated rings. The van der Waals surface area contributed by atoms with E-state index in [1.165, 1.54) is 13.0 Å². The Morgan fingerprint density at radius 1 is 0.829 bits per heavy atom. The quantitative estimate of drug-likeness (QED) is 0.244. The molecule has 0 aromatic heterocycles. The summed E-state index contributed by atoms with van der Waals surface area (Å²) in [4.78, 5) is 25.2. The van der Waals surface area contributed by atoms with E-state index in [1.54, 1.807) is 39.0 Å². The summed E-state index contributed by atoms with van der Waals surface area (Å²) in [5.41, 5.74) is 0.579. The molecule has 0 saturated carbocycles. The summed E-state index contributed by atoms with van der Waals surface area (Å²) in [6.07, 6.45) is 0. The van der Waals surface area contributed by atoms with Crippen LogP contribution in [0.25, 0.3) is 0 Å². The Hall–Kier alpha value is -3.04. The number of carbonyl (C=O) groups is 2.